The third-order valence-corrected chi connectivity index (χ3v) is 2.54. The molecular formula is C11H17N3O4. The monoisotopic (exact) mass is 255 g/mol. The van der Waals surface area contributed by atoms with Crippen LogP contribution in [0.4, 0.5) is 0 Å². The molecule has 0 saturated carbocycles. The lowest BCUT2D eigenvalue weighted by Gasteiger charge is -2.13. The molecule has 7 nitrogen and oxygen atoms in total. The molecule has 2 N–H and O–H groups in total. The summed E-state index contributed by atoms with van der Waals surface area (Å²) in [7, 11) is 1.35. The number of hydrogen-bond donors (Lipinski definition) is 2. The standard InChI is InChI=1S/C11H17N3O4/c1-8(4-6-15)12-9(16)7-14-5-3-10(17)13(2)11(14)18/h3,5,8,15H,4,6-7H2,1-2H3,(H,12,16). The van der Waals surface area contributed by atoms with Crippen LogP contribution in [0, 0.1) is 0 Å². The van der Waals surface area contributed by atoms with Gasteiger partial charge in [-0.3, -0.25) is 18.7 Å². The molecule has 0 aliphatic rings. The fourth-order valence-corrected chi connectivity index (χ4v) is 1.48. The number of aliphatic hydroxyl groups is 1. The van der Waals surface area contributed by atoms with Crippen molar-refractivity contribution in [1.82, 2.24) is 14.5 Å². The molecule has 0 aromatic carbocycles. The zero-order chi connectivity index (χ0) is 13.7. The quantitative estimate of drug-likeness (QED) is 0.665. The van der Waals surface area contributed by atoms with Gasteiger partial charge in [0, 0.05) is 32.0 Å². The maximum absolute atomic E-state index is 11.6. The Morgan fingerprint density at radius 2 is 2.17 bits per heavy atom. The van der Waals surface area contributed by atoms with E-state index < -0.39 is 11.2 Å². The average Bonchev–Trinajstić information content (AvgIpc) is 2.30. The first-order chi connectivity index (χ1) is 8.45. The lowest BCUT2D eigenvalue weighted by Crippen LogP contribution is -2.42. The zero-order valence-corrected chi connectivity index (χ0v) is 10.4. The molecule has 1 rings (SSSR count). The highest BCUT2D eigenvalue weighted by molar-refractivity contribution is 5.75. The Kier molecular flexibility index (Phi) is 4.85. The van der Waals surface area contributed by atoms with Crippen molar-refractivity contribution in [2.45, 2.75) is 25.9 Å². The van der Waals surface area contributed by atoms with Crippen molar-refractivity contribution in [2.75, 3.05) is 6.61 Å². The van der Waals surface area contributed by atoms with Crippen molar-refractivity contribution in [3.05, 3.63) is 33.1 Å². The Balaban J connectivity index is 2.74. The Morgan fingerprint density at radius 1 is 1.50 bits per heavy atom. The Labute approximate surface area is 104 Å². The van der Waals surface area contributed by atoms with Gasteiger partial charge in [0.15, 0.2) is 0 Å². The highest BCUT2D eigenvalue weighted by Crippen LogP contribution is 1.89. The summed E-state index contributed by atoms with van der Waals surface area (Å²) in [6, 6.07) is 1.07. The number of aliphatic hydroxyl groups excluding tert-OH is 1. The van der Waals surface area contributed by atoms with E-state index in [9.17, 15) is 14.4 Å². The van der Waals surface area contributed by atoms with Gasteiger partial charge >= 0.3 is 5.69 Å². The summed E-state index contributed by atoms with van der Waals surface area (Å²) in [4.78, 5) is 34.4. The van der Waals surface area contributed by atoms with Crippen molar-refractivity contribution in [1.29, 1.82) is 0 Å². The Bertz CT molecular complexity index is 532. The summed E-state index contributed by atoms with van der Waals surface area (Å²) >= 11 is 0. The second-order valence-electron chi connectivity index (χ2n) is 4.10. The van der Waals surface area contributed by atoms with Gasteiger partial charge < -0.3 is 10.4 Å². The Morgan fingerprint density at radius 3 is 2.78 bits per heavy atom. The van der Waals surface area contributed by atoms with Crippen LogP contribution in [0.15, 0.2) is 21.9 Å². The second-order valence-corrected chi connectivity index (χ2v) is 4.10. The molecule has 0 bridgehead atoms. The molecular weight excluding hydrogens is 238 g/mol. The maximum Gasteiger partial charge on any atom is 0.331 e. The van der Waals surface area contributed by atoms with E-state index in [1.165, 1.54) is 19.3 Å². The number of nitrogens with zero attached hydrogens (tertiary/aromatic N) is 2. The van der Waals surface area contributed by atoms with Gasteiger partial charge in [-0.2, -0.15) is 0 Å². The van der Waals surface area contributed by atoms with Gasteiger partial charge in [-0.15, -0.1) is 0 Å². The SMILES string of the molecule is CC(CCO)NC(=O)Cn1ccc(=O)n(C)c1=O. The van der Waals surface area contributed by atoms with Gasteiger partial charge in [0.25, 0.3) is 5.56 Å². The number of aromatic nitrogens is 2. The van der Waals surface area contributed by atoms with Crippen LogP contribution in [0.5, 0.6) is 0 Å². The first-order valence-electron chi connectivity index (χ1n) is 5.62. The molecule has 0 radical (unpaired) electrons. The number of amides is 1. The summed E-state index contributed by atoms with van der Waals surface area (Å²) in [5.74, 6) is -0.336. The van der Waals surface area contributed by atoms with E-state index in [-0.39, 0.29) is 25.1 Å². The van der Waals surface area contributed by atoms with E-state index in [0.717, 1.165) is 9.13 Å². The smallest absolute Gasteiger partial charge is 0.331 e. The van der Waals surface area contributed by atoms with E-state index in [1.807, 2.05) is 0 Å². The van der Waals surface area contributed by atoms with E-state index in [0.29, 0.717) is 6.42 Å². The van der Waals surface area contributed by atoms with Crippen molar-refractivity contribution in [3.8, 4) is 0 Å². The lowest BCUT2D eigenvalue weighted by atomic mass is 10.2. The van der Waals surface area contributed by atoms with Crippen molar-refractivity contribution < 1.29 is 9.90 Å². The molecule has 1 atom stereocenters. The summed E-state index contributed by atoms with van der Waals surface area (Å²) in [5.41, 5.74) is -0.947. The van der Waals surface area contributed by atoms with Crippen LogP contribution >= 0.6 is 0 Å². The molecule has 0 aliphatic carbocycles. The normalized spacial score (nSPS) is 12.2. The molecule has 100 valence electrons. The molecule has 0 saturated heterocycles. The topological polar surface area (TPSA) is 93.3 Å². The van der Waals surface area contributed by atoms with Gasteiger partial charge in [-0.1, -0.05) is 0 Å². The van der Waals surface area contributed by atoms with Crippen LogP contribution in [0.3, 0.4) is 0 Å². The van der Waals surface area contributed by atoms with Crippen molar-refractivity contribution >= 4 is 5.91 Å². The van der Waals surface area contributed by atoms with Crippen LogP contribution in [0.1, 0.15) is 13.3 Å². The number of nitrogens with one attached hydrogen (secondary N) is 1. The average molecular weight is 255 g/mol. The van der Waals surface area contributed by atoms with Gasteiger partial charge in [0.05, 0.1) is 0 Å². The third-order valence-electron chi connectivity index (χ3n) is 2.54. The van der Waals surface area contributed by atoms with Crippen LogP contribution in [0.2, 0.25) is 0 Å². The minimum Gasteiger partial charge on any atom is -0.396 e. The number of rotatable bonds is 5. The maximum atomic E-state index is 11.6. The van der Waals surface area contributed by atoms with E-state index >= 15 is 0 Å². The molecule has 1 aromatic heterocycles. The van der Waals surface area contributed by atoms with Crippen LogP contribution in [-0.4, -0.2) is 32.8 Å². The Hall–Kier alpha value is -1.89. The van der Waals surface area contributed by atoms with Crippen molar-refractivity contribution in [2.24, 2.45) is 7.05 Å². The van der Waals surface area contributed by atoms with E-state index in [1.54, 1.807) is 6.92 Å². The molecule has 1 amide bonds. The summed E-state index contributed by atoms with van der Waals surface area (Å²) < 4.78 is 2.09. The fraction of sp³-hybridized carbons (Fsp3) is 0.545. The first-order valence-corrected chi connectivity index (χ1v) is 5.62. The molecule has 7 heteroatoms. The van der Waals surface area contributed by atoms with Gasteiger partial charge in [-0.05, 0) is 13.3 Å². The molecule has 1 unspecified atom stereocenters. The fourth-order valence-electron chi connectivity index (χ4n) is 1.48. The summed E-state index contributed by atoms with van der Waals surface area (Å²) in [5, 5.41) is 11.4. The predicted octanol–water partition coefficient (Wildman–Crippen LogP) is -1.57. The molecule has 0 aliphatic heterocycles. The molecule has 1 heterocycles. The van der Waals surface area contributed by atoms with Crippen LogP contribution in [-0.2, 0) is 18.4 Å². The van der Waals surface area contributed by atoms with Crippen LogP contribution in [0.25, 0.3) is 0 Å². The van der Waals surface area contributed by atoms with Gasteiger partial charge in [0.1, 0.15) is 6.54 Å². The largest absolute Gasteiger partial charge is 0.396 e. The number of hydrogen-bond acceptors (Lipinski definition) is 4. The van der Waals surface area contributed by atoms with Crippen molar-refractivity contribution in [3.63, 3.8) is 0 Å². The zero-order valence-electron chi connectivity index (χ0n) is 10.4. The number of carbonyl (C=O) groups excluding carboxylic acids is 1. The molecule has 18 heavy (non-hydrogen) atoms. The lowest BCUT2D eigenvalue weighted by molar-refractivity contribution is -0.122. The highest BCUT2D eigenvalue weighted by Gasteiger charge is 2.09. The predicted molar refractivity (Wildman–Crippen MR) is 65.3 cm³/mol. The minimum absolute atomic E-state index is 0.0127. The molecule has 0 spiro atoms. The van der Waals surface area contributed by atoms with E-state index in [2.05, 4.69) is 5.32 Å². The minimum atomic E-state index is -0.535. The molecule has 1 aromatic rings. The van der Waals surface area contributed by atoms with Gasteiger partial charge in [0.2, 0.25) is 5.91 Å². The second kappa shape index (κ2) is 6.15. The van der Waals surface area contributed by atoms with E-state index in [4.69, 9.17) is 5.11 Å². The highest BCUT2D eigenvalue weighted by atomic mass is 16.3. The number of carbonyl (C=O) groups is 1. The summed E-state index contributed by atoms with van der Waals surface area (Å²) in [6.07, 6.45) is 1.74. The molecule has 0 fully saturated rings. The first kappa shape index (κ1) is 14.2. The van der Waals surface area contributed by atoms with Gasteiger partial charge in [-0.25, -0.2) is 4.79 Å². The van der Waals surface area contributed by atoms with Crippen LogP contribution < -0.4 is 16.6 Å². The third kappa shape index (κ3) is 3.56. The summed E-state index contributed by atoms with van der Waals surface area (Å²) in [6.45, 7) is 1.60.